The lowest BCUT2D eigenvalue weighted by molar-refractivity contribution is 0.0601. The number of ether oxygens (including phenoxy) is 1. The highest BCUT2D eigenvalue weighted by Gasteiger charge is 2.32. The van der Waals surface area contributed by atoms with E-state index >= 15 is 0 Å². The van der Waals surface area contributed by atoms with Gasteiger partial charge in [0.25, 0.3) is 5.91 Å². The van der Waals surface area contributed by atoms with Crippen LogP contribution in [-0.2, 0) is 4.74 Å². The molecular weight excluding hydrogens is 516 g/mol. The normalized spacial score (nSPS) is 15.7. The molecule has 2 heterocycles. The van der Waals surface area contributed by atoms with Crippen molar-refractivity contribution < 1.29 is 28.8 Å². The quantitative estimate of drug-likeness (QED) is 0.204. The first kappa shape index (κ1) is 30.6. The zero-order valence-electron chi connectivity index (χ0n) is 23.7. The summed E-state index contributed by atoms with van der Waals surface area (Å²) in [5.74, 6) is 0.366. The molecule has 3 amide bonds. The number of likely N-dealkylation sites (tertiary alicyclic amines) is 1. The molecule has 0 spiro atoms. The number of unbranched alkanes of at least 4 members (excludes halogenated alkanes) is 5. The number of nitrogens with one attached hydrogen (secondary N) is 2. The smallest absolute Gasteiger partial charge is 0.437 e. The molecule has 2 aromatic rings. The van der Waals surface area contributed by atoms with Crippen molar-refractivity contribution >= 4 is 24.1 Å². The standard InChI is InChI=1S/C28H40N6O6/c1-5-6-7-8-9-10-16-29-23(35)20-13-11-19(12-14-20)22-30-24(40-33-22)21-15-17-34(18-21)25(31-26(36)37)32-27(38)39-28(2,3)4/h11-14,21H,5-10,15-18H2,1-4H3,(H,29,35)(H,36,37)(H,31,32,38)/t21-/m1/s1. The fourth-order valence-electron chi connectivity index (χ4n) is 4.30. The van der Waals surface area contributed by atoms with Crippen LogP contribution in [0.4, 0.5) is 9.59 Å². The molecule has 1 saturated heterocycles. The van der Waals surface area contributed by atoms with Crippen molar-refractivity contribution in [1.29, 1.82) is 0 Å². The Balaban J connectivity index is 1.56. The van der Waals surface area contributed by atoms with Gasteiger partial charge in [0.1, 0.15) is 5.60 Å². The van der Waals surface area contributed by atoms with Crippen LogP contribution in [0.15, 0.2) is 33.8 Å². The number of carbonyl (C=O) groups excluding carboxylic acids is 2. The van der Waals surface area contributed by atoms with Gasteiger partial charge in [-0.1, -0.05) is 56.3 Å². The van der Waals surface area contributed by atoms with E-state index in [1.165, 1.54) is 25.7 Å². The van der Waals surface area contributed by atoms with Crippen LogP contribution in [-0.4, -0.2) is 69.4 Å². The predicted octanol–water partition coefficient (Wildman–Crippen LogP) is 5.17. The number of amides is 3. The molecule has 1 aliphatic rings. The Morgan fingerprint density at radius 1 is 1.12 bits per heavy atom. The number of hydrogen-bond acceptors (Lipinski definition) is 7. The van der Waals surface area contributed by atoms with Crippen molar-refractivity contribution in [3.8, 4) is 11.4 Å². The Labute approximate surface area is 234 Å². The molecule has 0 aliphatic carbocycles. The van der Waals surface area contributed by atoms with Gasteiger partial charge in [0.2, 0.25) is 17.7 Å². The number of guanidine groups is 1. The molecule has 40 heavy (non-hydrogen) atoms. The summed E-state index contributed by atoms with van der Waals surface area (Å²) >= 11 is 0. The van der Waals surface area contributed by atoms with Gasteiger partial charge in [0.05, 0.1) is 5.92 Å². The maximum atomic E-state index is 12.4. The predicted molar refractivity (Wildman–Crippen MR) is 149 cm³/mol. The summed E-state index contributed by atoms with van der Waals surface area (Å²) in [6, 6.07) is 7.02. The van der Waals surface area contributed by atoms with Crippen LogP contribution < -0.4 is 10.6 Å². The molecular formula is C28H40N6O6. The van der Waals surface area contributed by atoms with Crippen LogP contribution >= 0.6 is 0 Å². The maximum absolute atomic E-state index is 12.4. The Bertz CT molecular complexity index is 1170. The van der Waals surface area contributed by atoms with Crippen LogP contribution in [0.3, 0.4) is 0 Å². The lowest BCUT2D eigenvalue weighted by Gasteiger charge is -2.21. The third-order valence-corrected chi connectivity index (χ3v) is 6.31. The first-order valence-electron chi connectivity index (χ1n) is 13.8. The molecule has 218 valence electrons. The van der Waals surface area contributed by atoms with E-state index < -0.39 is 17.8 Å². The van der Waals surface area contributed by atoms with Crippen molar-refractivity contribution in [2.45, 2.75) is 84.2 Å². The van der Waals surface area contributed by atoms with Crippen molar-refractivity contribution in [2.24, 2.45) is 4.99 Å². The Morgan fingerprint density at radius 3 is 2.50 bits per heavy atom. The molecule has 12 nitrogen and oxygen atoms in total. The average molecular weight is 557 g/mol. The van der Waals surface area contributed by atoms with E-state index in [1.54, 1.807) is 49.9 Å². The summed E-state index contributed by atoms with van der Waals surface area (Å²) in [6.45, 7) is 8.69. The van der Waals surface area contributed by atoms with Gasteiger partial charge < -0.3 is 24.6 Å². The second-order valence-corrected chi connectivity index (χ2v) is 10.8. The number of carbonyl (C=O) groups is 3. The first-order valence-corrected chi connectivity index (χ1v) is 13.8. The van der Waals surface area contributed by atoms with Gasteiger partial charge in [-0.25, -0.2) is 9.59 Å². The highest BCUT2D eigenvalue weighted by Crippen LogP contribution is 2.28. The minimum atomic E-state index is -1.34. The van der Waals surface area contributed by atoms with Crippen LogP contribution in [0.5, 0.6) is 0 Å². The Morgan fingerprint density at radius 2 is 1.82 bits per heavy atom. The van der Waals surface area contributed by atoms with Gasteiger partial charge in [-0.3, -0.25) is 10.1 Å². The highest BCUT2D eigenvalue weighted by atomic mass is 16.6. The summed E-state index contributed by atoms with van der Waals surface area (Å²) in [4.78, 5) is 45.9. The van der Waals surface area contributed by atoms with E-state index in [2.05, 4.69) is 32.7 Å². The molecule has 1 atom stereocenters. The van der Waals surface area contributed by atoms with E-state index in [-0.39, 0.29) is 17.8 Å². The fourth-order valence-corrected chi connectivity index (χ4v) is 4.30. The molecule has 0 saturated carbocycles. The molecule has 0 unspecified atom stereocenters. The zero-order valence-corrected chi connectivity index (χ0v) is 23.7. The summed E-state index contributed by atoms with van der Waals surface area (Å²) in [5, 5.41) is 18.4. The molecule has 0 bridgehead atoms. The number of benzene rings is 1. The number of aliphatic imine (C=N–C) groups is 1. The Hall–Kier alpha value is -3.96. The van der Waals surface area contributed by atoms with Gasteiger partial charge >= 0.3 is 12.2 Å². The molecule has 3 N–H and O–H groups in total. The van der Waals surface area contributed by atoms with Gasteiger partial charge in [0, 0.05) is 30.8 Å². The SMILES string of the molecule is CCCCCCCCNC(=O)c1ccc(-c2noc([C@@H]3CCN(/C(=N/C(=O)OC(C)(C)C)NC(=O)O)C3)n2)cc1. The second-order valence-electron chi connectivity index (χ2n) is 10.8. The lowest BCUT2D eigenvalue weighted by Crippen LogP contribution is -2.43. The second kappa shape index (κ2) is 14.4. The van der Waals surface area contributed by atoms with Crippen LogP contribution in [0.1, 0.15) is 94.8 Å². The number of aromatic nitrogens is 2. The van der Waals surface area contributed by atoms with E-state index in [0.717, 1.165) is 12.8 Å². The molecule has 3 rings (SSSR count). The topological polar surface area (TPSA) is 159 Å². The van der Waals surface area contributed by atoms with Crippen LogP contribution in [0, 0.1) is 0 Å². The summed E-state index contributed by atoms with van der Waals surface area (Å²) < 4.78 is 10.7. The summed E-state index contributed by atoms with van der Waals surface area (Å²) in [7, 11) is 0. The molecule has 1 fully saturated rings. The number of carboxylic acid groups (broad SMARTS) is 1. The number of hydrogen-bond donors (Lipinski definition) is 3. The highest BCUT2D eigenvalue weighted by molar-refractivity contribution is 5.98. The monoisotopic (exact) mass is 556 g/mol. The average Bonchev–Trinajstić information content (AvgIpc) is 3.57. The minimum Gasteiger partial charge on any atom is -0.465 e. The van der Waals surface area contributed by atoms with Gasteiger partial charge in [-0.15, -0.1) is 4.99 Å². The minimum absolute atomic E-state index is 0.112. The molecule has 1 aromatic carbocycles. The molecule has 12 heteroatoms. The van der Waals surface area contributed by atoms with E-state index in [1.807, 2.05) is 0 Å². The van der Waals surface area contributed by atoms with Gasteiger partial charge in [-0.2, -0.15) is 4.98 Å². The van der Waals surface area contributed by atoms with E-state index in [0.29, 0.717) is 48.9 Å². The van der Waals surface area contributed by atoms with Crippen molar-refractivity contribution in [3.05, 3.63) is 35.7 Å². The van der Waals surface area contributed by atoms with E-state index in [9.17, 15) is 19.5 Å². The van der Waals surface area contributed by atoms with Crippen molar-refractivity contribution in [1.82, 2.24) is 25.7 Å². The van der Waals surface area contributed by atoms with Gasteiger partial charge in [-0.05, 0) is 45.7 Å². The molecule has 0 radical (unpaired) electrons. The van der Waals surface area contributed by atoms with E-state index in [4.69, 9.17) is 9.26 Å². The van der Waals surface area contributed by atoms with Crippen molar-refractivity contribution in [2.75, 3.05) is 19.6 Å². The first-order chi connectivity index (χ1) is 19.1. The molecule has 1 aromatic heterocycles. The fraction of sp³-hybridized carbons (Fsp3) is 0.571. The summed E-state index contributed by atoms with van der Waals surface area (Å²) in [6.07, 6.45) is 5.37. The third kappa shape index (κ3) is 9.65. The van der Waals surface area contributed by atoms with Gasteiger partial charge in [0.15, 0.2) is 0 Å². The van der Waals surface area contributed by atoms with Crippen LogP contribution in [0.2, 0.25) is 0 Å². The van der Waals surface area contributed by atoms with Crippen molar-refractivity contribution in [3.63, 3.8) is 0 Å². The number of rotatable bonds is 10. The maximum Gasteiger partial charge on any atom is 0.437 e. The largest absolute Gasteiger partial charge is 0.465 e. The Kier molecular flexibility index (Phi) is 11.0. The lowest BCUT2D eigenvalue weighted by atomic mass is 10.1. The summed E-state index contributed by atoms with van der Waals surface area (Å²) in [5.41, 5.74) is 0.503. The van der Waals surface area contributed by atoms with Crippen LogP contribution in [0.25, 0.3) is 11.4 Å². The third-order valence-electron chi connectivity index (χ3n) is 6.31. The zero-order chi connectivity index (χ0) is 29.1. The molecule has 1 aliphatic heterocycles. The number of nitrogens with zero attached hydrogens (tertiary/aromatic N) is 4.